The smallest absolute Gasteiger partial charge is 0.341 e. The van der Waals surface area contributed by atoms with Crippen LogP contribution in [0.2, 0.25) is 5.02 Å². The number of aliphatic carboxylic acids is 1. The highest BCUT2D eigenvalue weighted by molar-refractivity contribution is 7.97. The summed E-state index contributed by atoms with van der Waals surface area (Å²) < 4.78 is 7.74. The van der Waals surface area contributed by atoms with Gasteiger partial charge in [-0.3, -0.25) is 0 Å². The van der Waals surface area contributed by atoms with Gasteiger partial charge in [0, 0.05) is 36.1 Å². The molecule has 2 aromatic rings. The van der Waals surface area contributed by atoms with Crippen molar-refractivity contribution in [2.24, 2.45) is 0 Å². The molecule has 0 atom stereocenters. The van der Waals surface area contributed by atoms with Gasteiger partial charge in [0.2, 0.25) is 0 Å². The molecular weight excluding hydrogens is 384 g/mol. The average molecular weight is 409 g/mol. The summed E-state index contributed by atoms with van der Waals surface area (Å²) in [5.41, 5.74) is 0.845. The van der Waals surface area contributed by atoms with Crippen LogP contribution >= 0.6 is 23.5 Å². The molecular formula is C20H25ClN2O3S. The maximum Gasteiger partial charge on any atom is 0.341 e. The molecule has 146 valence electrons. The molecule has 1 aliphatic heterocycles. The number of rotatable bonds is 6. The summed E-state index contributed by atoms with van der Waals surface area (Å²) in [4.78, 5) is 14.2. The minimum absolute atomic E-state index is 0.363. The normalized spacial score (nSPS) is 14.3. The third-order valence-electron chi connectivity index (χ3n) is 3.83. The summed E-state index contributed by atoms with van der Waals surface area (Å²) in [5.74, 6) is -0.444. The van der Waals surface area contributed by atoms with Crippen LogP contribution in [0.3, 0.4) is 0 Å². The van der Waals surface area contributed by atoms with Gasteiger partial charge in [0.1, 0.15) is 5.75 Å². The van der Waals surface area contributed by atoms with Crippen LogP contribution in [-0.4, -0.2) is 48.2 Å². The number of ether oxygens (including phenoxy) is 1. The van der Waals surface area contributed by atoms with E-state index in [9.17, 15) is 4.79 Å². The lowest BCUT2D eigenvalue weighted by molar-refractivity contribution is -0.139. The van der Waals surface area contributed by atoms with E-state index in [4.69, 9.17) is 21.4 Å². The number of hydrogen-bond donors (Lipinski definition) is 1. The van der Waals surface area contributed by atoms with Gasteiger partial charge in [0.15, 0.2) is 6.61 Å². The van der Waals surface area contributed by atoms with Gasteiger partial charge in [-0.2, -0.15) is 0 Å². The first-order valence-electron chi connectivity index (χ1n) is 8.99. The van der Waals surface area contributed by atoms with Gasteiger partial charge in [-0.15, -0.1) is 0 Å². The Labute approximate surface area is 170 Å². The van der Waals surface area contributed by atoms with Crippen LogP contribution in [0.1, 0.15) is 13.8 Å². The summed E-state index contributed by atoms with van der Waals surface area (Å²) in [6, 6.07) is 15.6. The first kappa shape index (κ1) is 21.4. The van der Waals surface area contributed by atoms with Crippen LogP contribution in [0.15, 0.2) is 53.4 Å². The molecule has 0 aliphatic carbocycles. The molecule has 0 spiro atoms. The van der Waals surface area contributed by atoms with E-state index in [0.29, 0.717) is 10.8 Å². The summed E-state index contributed by atoms with van der Waals surface area (Å²) in [6.07, 6.45) is 0. The van der Waals surface area contributed by atoms with E-state index in [1.807, 2.05) is 38.1 Å². The number of benzene rings is 2. The third-order valence-corrected chi connectivity index (χ3v) is 5.17. The molecule has 1 heterocycles. The number of hydrogen-bond acceptors (Lipinski definition) is 5. The van der Waals surface area contributed by atoms with E-state index < -0.39 is 5.97 Å². The number of nitrogens with zero attached hydrogens (tertiary/aromatic N) is 2. The first-order valence-corrected chi connectivity index (χ1v) is 10.1. The van der Waals surface area contributed by atoms with Crippen molar-refractivity contribution in [1.82, 2.24) is 4.31 Å². The molecule has 1 saturated heterocycles. The Bertz CT molecular complexity index is 722. The molecule has 0 saturated carbocycles. The van der Waals surface area contributed by atoms with E-state index in [2.05, 4.69) is 21.3 Å². The van der Waals surface area contributed by atoms with Gasteiger partial charge >= 0.3 is 5.97 Å². The lowest BCUT2D eigenvalue weighted by Gasteiger charge is -2.36. The molecule has 0 unspecified atom stereocenters. The zero-order valence-electron chi connectivity index (χ0n) is 15.6. The highest BCUT2D eigenvalue weighted by atomic mass is 35.5. The van der Waals surface area contributed by atoms with Gasteiger partial charge in [-0.25, -0.2) is 9.10 Å². The fraction of sp³-hybridized carbons (Fsp3) is 0.350. The molecule has 1 N–H and O–H groups in total. The molecule has 27 heavy (non-hydrogen) atoms. The predicted octanol–water partition coefficient (Wildman–Crippen LogP) is 4.66. The molecule has 0 bridgehead atoms. The van der Waals surface area contributed by atoms with Gasteiger partial charge in [0.05, 0.1) is 5.69 Å². The maximum absolute atomic E-state index is 10.8. The van der Waals surface area contributed by atoms with Crippen molar-refractivity contribution in [1.29, 1.82) is 0 Å². The minimum atomic E-state index is -0.995. The zero-order chi connectivity index (χ0) is 19.6. The largest absolute Gasteiger partial charge is 0.480 e. The second-order valence-corrected chi connectivity index (χ2v) is 7.22. The molecule has 1 fully saturated rings. The quantitative estimate of drug-likeness (QED) is 0.701. The Balaban J connectivity index is 0.00000126. The average Bonchev–Trinajstić information content (AvgIpc) is 2.70. The van der Waals surface area contributed by atoms with Crippen molar-refractivity contribution < 1.29 is 14.6 Å². The zero-order valence-corrected chi connectivity index (χ0v) is 17.2. The minimum Gasteiger partial charge on any atom is -0.480 e. The van der Waals surface area contributed by atoms with Gasteiger partial charge < -0.3 is 14.7 Å². The summed E-state index contributed by atoms with van der Waals surface area (Å²) in [6.45, 7) is 7.07. The third kappa shape index (κ3) is 6.65. The lowest BCUT2D eigenvalue weighted by Crippen LogP contribution is -2.43. The number of carboxylic acids is 1. The first-order chi connectivity index (χ1) is 13.1. The Morgan fingerprint density at radius 2 is 1.78 bits per heavy atom. The lowest BCUT2D eigenvalue weighted by atomic mass is 10.2. The van der Waals surface area contributed by atoms with Crippen molar-refractivity contribution in [3.63, 3.8) is 0 Å². The molecule has 2 aromatic carbocycles. The standard InChI is InChI=1S/C18H19ClN2O3S.C2H6/c19-14-6-7-17(24-13-18(22)23)16(12-14)20-8-10-21(11-9-20)25-15-4-2-1-3-5-15;1-2/h1-7,12H,8-11,13H2,(H,22,23);1-2H3. The second kappa shape index (κ2) is 11.1. The second-order valence-electron chi connectivity index (χ2n) is 5.61. The maximum atomic E-state index is 10.8. The molecule has 5 nitrogen and oxygen atoms in total. The number of carboxylic acid groups (broad SMARTS) is 1. The van der Waals surface area contributed by atoms with E-state index >= 15 is 0 Å². The van der Waals surface area contributed by atoms with Crippen LogP contribution in [-0.2, 0) is 4.79 Å². The summed E-state index contributed by atoms with van der Waals surface area (Å²) in [5, 5.41) is 9.44. The van der Waals surface area contributed by atoms with Gasteiger partial charge in [0.25, 0.3) is 0 Å². The van der Waals surface area contributed by atoms with Gasteiger partial charge in [-0.05, 0) is 42.3 Å². The Hall–Kier alpha value is -1.89. The molecule has 3 rings (SSSR count). The fourth-order valence-corrected chi connectivity index (χ4v) is 3.74. The van der Waals surface area contributed by atoms with Gasteiger partial charge in [-0.1, -0.05) is 43.6 Å². The Morgan fingerprint density at radius 1 is 1.11 bits per heavy atom. The summed E-state index contributed by atoms with van der Waals surface area (Å²) in [7, 11) is 0. The van der Waals surface area contributed by atoms with E-state index in [-0.39, 0.29) is 6.61 Å². The van der Waals surface area contributed by atoms with E-state index in [1.165, 1.54) is 4.90 Å². The Kier molecular flexibility index (Phi) is 8.78. The van der Waals surface area contributed by atoms with E-state index in [0.717, 1.165) is 31.9 Å². The number of piperazine rings is 1. The SMILES string of the molecule is CC.O=C(O)COc1ccc(Cl)cc1N1CCN(Sc2ccccc2)CC1. The van der Waals surface area contributed by atoms with Crippen molar-refractivity contribution in [3.05, 3.63) is 53.6 Å². The van der Waals surface area contributed by atoms with Crippen LogP contribution in [0.25, 0.3) is 0 Å². The summed E-state index contributed by atoms with van der Waals surface area (Å²) >= 11 is 7.88. The van der Waals surface area contributed by atoms with Crippen molar-refractivity contribution in [2.45, 2.75) is 18.7 Å². The topological polar surface area (TPSA) is 53.0 Å². The molecule has 1 aliphatic rings. The van der Waals surface area contributed by atoms with Crippen molar-refractivity contribution in [3.8, 4) is 5.75 Å². The number of carbonyl (C=O) groups is 1. The van der Waals surface area contributed by atoms with Crippen molar-refractivity contribution in [2.75, 3.05) is 37.7 Å². The molecule has 0 amide bonds. The molecule has 0 aromatic heterocycles. The highest BCUT2D eigenvalue weighted by Gasteiger charge is 2.21. The highest BCUT2D eigenvalue weighted by Crippen LogP contribution is 2.33. The van der Waals surface area contributed by atoms with Crippen LogP contribution in [0, 0.1) is 0 Å². The number of halogens is 1. The van der Waals surface area contributed by atoms with Crippen molar-refractivity contribution >= 4 is 35.2 Å². The van der Waals surface area contributed by atoms with Crippen LogP contribution in [0.4, 0.5) is 5.69 Å². The van der Waals surface area contributed by atoms with Crippen LogP contribution in [0.5, 0.6) is 5.75 Å². The predicted molar refractivity (Wildman–Crippen MR) is 112 cm³/mol. The number of anilines is 1. The monoisotopic (exact) mass is 408 g/mol. The van der Waals surface area contributed by atoms with Crippen LogP contribution < -0.4 is 9.64 Å². The Morgan fingerprint density at radius 3 is 2.41 bits per heavy atom. The molecule has 0 radical (unpaired) electrons. The fourth-order valence-electron chi connectivity index (χ4n) is 2.65. The van der Waals surface area contributed by atoms with E-state index in [1.54, 1.807) is 24.1 Å². The molecule has 7 heteroatoms.